The maximum atomic E-state index is 13.6. The highest BCUT2D eigenvalue weighted by molar-refractivity contribution is 5.86. The number of carbonyl (C=O) groups excluding carboxylic acids is 1. The van der Waals surface area contributed by atoms with Gasteiger partial charge in [0.25, 0.3) is 0 Å². The van der Waals surface area contributed by atoms with Crippen LogP contribution in [0.4, 0.5) is 5.69 Å². The highest BCUT2D eigenvalue weighted by Crippen LogP contribution is 2.32. The molecule has 6 heteroatoms. The number of ether oxygens (including phenoxy) is 2. The molecule has 2 N–H and O–H groups in total. The van der Waals surface area contributed by atoms with E-state index >= 15 is 0 Å². The van der Waals surface area contributed by atoms with Gasteiger partial charge in [-0.25, -0.2) is 0 Å². The van der Waals surface area contributed by atoms with Crippen LogP contribution in [-0.4, -0.2) is 13.0 Å². The highest BCUT2D eigenvalue weighted by Gasteiger charge is 2.24. The van der Waals surface area contributed by atoms with E-state index in [-0.39, 0.29) is 11.9 Å². The van der Waals surface area contributed by atoms with E-state index in [2.05, 4.69) is 16.7 Å². The second kappa shape index (κ2) is 12.3. The molecule has 2 atom stereocenters. The lowest BCUT2D eigenvalue weighted by molar-refractivity contribution is -0.122. The third kappa shape index (κ3) is 6.68. The molecule has 0 aliphatic rings. The summed E-state index contributed by atoms with van der Waals surface area (Å²) in [6, 6.07) is 33.4. The van der Waals surface area contributed by atoms with Crippen LogP contribution in [0.15, 0.2) is 103 Å². The minimum absolute atomic E-state index is 0.186. The van der Waals surface area contributed by atoms with Crippen LogP contribution in [0.5, 0.6) is 11.5 Å². The van der Waals surface area contributed by atoms with Gasteiger partial charge in [0.1, 0.15) is 12.6 Å². The molecule has 186 valence electrons. The van der Waals surface area contributed by atoms with E-state index in [0.717, 1.165) is 16.8 Å². The molecule has 0 bridgehead atoms. The minimum atomic E-state index is -0.712. The second-order valence-corrected chi connectivity index (χ2v) is 8.59. The lowest BCUT2D eigenvalue weighted by atomic mass is 10.0. The zero-order valence-electron chi connectivity index (χ0n) is 20.8. The van der Waals surface area contributed by atoms with E-state index in [1.807, 2.05) is 85.8 Å². The van der Waals surface area contributed by atoms with Crippen LogP contribution in [-0.2, 0) is 11.4 Å². The number of nitrogens with one attached hydrogen (secondary N) is 2. The largest absolute Gasteiger partial charge is 0.493 e. The summed E-state index contributed by atoms with van der Waals surface area (Å²) in [4.78, 5) is 13.6. The summed E-state index contributed by atoms with van der Waals surface area (Å²) < 4.78 is 11.6. The van der Waals surface area contributed by atoms with Gasteiger partial charge in [-0.05, 0) is 60.0 Å². The number of methoxy groups -OCH3 is 1. The summed E-state index contributed by atoms with van der Waals surface area (Å²) in [6.07, 6.45) is 0. The highest BCUT2D eigenvalue weighted by atomic mass is 16.5. The van der Waals surface area contributed by atoms with Crippen LogP contribution in [0.25, 0.3) is 0 Å². The molecule has 0 heterocycles. The van der Waals surface area contributed by atoms with Crippen LogP contribution in [0.1, 0.15) is 41.3 Å². The molecule has 0 saturated carbocycles. The maximum absolute atomic E-state index is 13.6. The average molecular weight is 492 g/mol. The molecule has 1 amide bonds. The Balaban J connectivity index is 1.59. The number of anilines is 1. The van der Waals surface area contributed by atoms with Crippen LogP contribution >= 0.6 is 0 Å². The molecule has 0 saturated heterocycles. The third-order valence-corrected chi connectivity index (χ3v) is 6.00. The summed E-state index contributed by atoms with van der Waals surface area (Å²) in [6.45, 7) is 2.35. The molecule has 37 heavy (non-hydrogen) atoms. The molecule has 6 nitrogen and oxygen atoms in total. The first-order chi connectivity index (χ1) is 18.1. The van der Waals surface area contributed by atoms with Gasteiger partial charge in [0.2, 0.25) is 5.91 Å². The molecule has 4 aromatic rings. The topological polar surface area (TPSA) is 83.4 Å². The summed E-state index contributed by atoms with van der Waals surface area (Å²) in [5.74, 6) is 0.926. The first-order valence-corrected chi connectivity index (χ1v) is 12.0. The van der Waals surface area contributed by atoms with Crippen molar-refractivity contribution in [2.24, 2.45) is 0 Å². The molecule has 0 spiro atoms. The van der Waals surface area contributed by atoms with Crippen molar-refractivity contribution in [1.29, 1.82) is 5.26 Å². The summed E-state index contributed by atoms with van der Waals surface area (Å²) >= 11 is 0. The van der Waals surface area contributed by atoms with Crippen molar-refractivity contribution in [1.82, 2.24) is 5.32 Å². The van der Waals surface area contributed by atoms with Crippen LogP contribution in [0.3, 0.4) is 0 Å². The van der Waals surface area contributed by atoms with Crippen molar-refractivity contribution >= 4 is 11.6 Å². The molecular formula is C31H29N3O3. The van der Waals surface area contributed by atoms with Crippen molar-refractivity contribution in [2.45, 2.75) is 25.6 Å². The monoisotopic (exact) mass is 491 g/mol. The van der Waals surface area contributed by atoms with Crippen molar-refractivity contribution in [3.8, 4) is 17.6 Å². The summed E-state index contributed by atoms with van der Waals surface area (Å²) in [5.41, 5.74) is 4.03. The van der Waals surface area contributed by atoms with Crippen LogP contribution in [0.2, 0.25) is 0 Å². The molecule has 0 aliphatic carbocycles. The van der Waals surface area contributed by atoms with E-state index in [1.165, 1.54) is 0 Å². The molecular weight excluding hydrogens is 462 g/mol. The zero-order valence-corrected chi connectivity index (χ0v) is 20.8. The van der Waals surface area contributed by atoms with Gasteiger partial charge in [0, 0.05) is 5.69 Å². The summed E-state index contributed by atoms with van der Waals surface area (Å²) in [7, 11) is 1.58. The predicted octanol–water partition coefficient (Wildman–Crippen LogP) is 6.18. The first kappa shape index (κ1) is 25.3. The van der Waals surface area contributed by atoms with E-state index < -0.39 is 6.04 Å². The van der Waals surface area contributed by atoms with E-state index in [1.54, 1.807) is 31.4 Å². The standard InChI is InChI=1S/C31H29N3O3/c1-22(25-11-7-4-8-12-25)33-31(35)30(34-27-16-13-23(20-32)14-17-27)26-15-18-28(29(19-26)36-2)37-21-24-9-5-3-6-10-24/h3-19,22,30,34H,21H2,1-2H3,(H,33,35)/t22-,30+/m0/s1. The van der Waals surface area contributed by atoms with Gasteiger partial charge < -0.3 is 20.1 Å². The smallest absolute Gasteiger partial charge is 0.247 e. The number of nitrogens with zero attached hydrogens (tertiary/aromatic N) is 1. The van der Waals surface area contributed by atoms with Gasteiger partial charge in [-0.2, -0.15) is 5.26 Å². The summed E-state index contributed by atoms with van der Waals surface area (Å²) in [5, 5.41) is 15.5. The maximum Gasteiger partial charge on any atom is 0.247 e. The number of carbonyl (C=O) groups is 1. The Bertz CT molecular complexity index is 1350. The Morgan fingerprint density at radius 3 is 2.19 bits per heavy atom. The number of hydrogen-bond donors (Lipinski definition) is 2. The van der Waals surface area contributed by atoms with Gasteiger partial charge in [0.15, 0.2) is 11.5 Å². The molecule has 4 rings (SSSR count). The molecule has 0 radical (unpaired) electrons. The van der Waals surface area contributed by atoms with Crippen molar-refractivity contribution in [3.63, 3.8) is 0 Å². The van der Waals surface area contributed by atoms with E-state index in [9.17, 15) is 4.79 Å². The number of rotatable bonds is 10. The number of benzene rings is 4. The quantitative estimate of drug-likeness (QED) is 0.277. The van der Waals surface area contributed by atoms with E-state index in [4.69, 9.17) is 14.7 Å². The zero-order chi connectivity index (χ0) is 26.0. The molecule has 0 unspecified atom stereocenters. The van der Waals surface area contributed by atoms with Crippen LogP contribution in [0, 0.1) is 11.3 Å². The molecule has 0 fully saturated rings. The minimum Gasteiger partial charge on any atom is -0.493 e. The Hall–Kier alpha value is -4.76. The van der Waals surface area contributed by atoms with Gasteiger partial charge in [-0.15, -0.1) is 0 Å². The SMILES string of the molecule is COc1cc([C@@H](Nc2ccc(C#N)cc2)C(=O)N[C@@H](C)c2ccccc2)ccc1OCc1ccccc1. The van der Waals surface area contributed by atoms with Gasteiger partial charge in [-0.1, -0.05) is 66.7 Å². The molecule has 0 aliphatic heterocycles. The Morgan fingerprint density at radius 1 is 0.865 bits per heavy atom. The fourth-order valence-electron chi connectivity index (χ4n) is 3.95. The van der Waals surface area contributed by atoms with Crippen molar-refractivity contribution in [2.75, 3.05) is 12.4 Å². The van der Waals surface area contributed by atoms with Crippen molar-refractivity contribution in [3.05, 3.63) is 125 Å². The Kier molecular flexibility index (Phi) is 8.41. The predicted molar refractivity (Wildman–Crippen MR) is 144 cm³/mol. The van der Waals surface area contributed by atoms with Crippen molar-refractivity contribution < 1.29 is 14.3 Å². The van der Waals surface area contributed by atoms with Gasteiger partial charge in [0.05, 0.1) is 24.8 Å². The lowest BCUT2D eigenvalue weighted by Gasteiger charge is -2.24. The van der Waals surface area contributed by atoms with Crippen LogP contribution < -0.4 is 20.1 Å². The first-order valence-electron chi connectivity index (χ1n) is 12.0. The van der Waals surface area contributed by atoms with Gasteiger partial charge in [-0.3, -0.25) is 4.79 Å². The second-order valence-electron chi connectivity index (χ2n) is 8.59. The molecule has 0 aromatic heterocycles. The Morgan fingerprint density at radius 2 is 1.54 bits per heavy atom. The number of nitriles is 1. The fraction of sp³-hybridized carbons (Fsp3) is 0.161. The molecule has 4 aromatic carbocycles. The fourth-order valence-corrected chi connectivity index (χ4v) is 3.95. The average Bonchev–Trinajstić information content (AvgIpc) is 2.96. The third-order valence-electron chi connectivity index (χ3n) is 6.00. The number of amides is 1. The number of hydrogen-bond acceptors (Lipinski definition) is 5. The Labute approximate surface area is 217 Å². The normalized spacial score (nSPS) is 12.0. The lowest BCUT2D eigenvalue weighted by Crippen LogP contribution is -2.35. The van der Waals surface area contributed by atoms with Gasteiger partial charge >= 0.3 is 0 Å². The van der Waals surface area contributed by atoms with E-state index in [0.29, 0.717) is 29.2 Å².